The Morgan fingerprint density at radius 3 is 3.31 bits per heavy atom. The van der Waals surface area contributed by atoms with E-state index in [9.17, 15) is 0 Å². The molecule has 13 heavy (non-hydrogen) atoms. The summed E-state index contributed by atoms with van der Waals surface area (Å²) in [6.07, 6.45) is 4.87. The first-order valence-corrected chi connectivity index (χ1v) is 5.28. The molecule has 2 N–H and O–H groups in total. The predicted molar refractivity (Wildman–Crippen MR) is 55.0 cm³/mol. The van der Waals surface area contributed by atoms with Crippen molar-refractivity contribution < 1.29 is 0 Å². The van der Waals surface area contributed by atoms with Crippen molar-refractivity contribution >= 4 is 16.3 Å². The van der Waals surface area contributed by atoms with E-state index in [1.165, 1.54) is 5.69 Å². The number of aromatic nitrogens is 2. The lowest BCUT2D eigenvalue weighted by Crippen LogP contribution is -2.13. The first kappa shape index (κ1) is 8.72. The molecule has 0 saturated carbocycles. The quantitative estimate of drug-likeness (QED) is 0.807. The molecule has 4 heteroatoms. The lowest BCUT2D eigenvalue weighted by molar-refractivity contribution is 0.582. The predicted octanol–water partition coefficient (Wildman–Crippen LogP) is 1.53. The fraction of sp³-hybridized carbons (Fsp3) is 0.444. The third kappa shape index (κ3) is 1.59. The van der Waals surface area contributed by atoms with Crippen molar-refractivity contribution in [1.82, 2.24) is 9.38 Å². The van der Waals surface area contributed by atoms with Gasteiger partial charge in [-0.25, -0.2) is 4.98 Å². The van der Waals surface area contributed by atoms with Gasteiger partial charge in [-0.05, 0) is 18.9 Å². The summed E-state index contributed by atoms with van der Waals surface area (Å²) >= 11 is 1.68. The molecule has 0 fully saturated rings. The number of imidazole rings is 1. The summed E-state index contributed by atoms with van der Waals surface area (Å²) in [6, 6.07) is 0. The average molecular weight is 195 g/mol. The van der Waals surface area contributed by atoms with E-state index in [0.29, 0.717) is 5.92 Å². The lowest BCUT2D eigenvalue weighted by atomic mass is 10.1. The van der Waals surface area contributed by atoms with Gasteiger partial charge in [0, 0.05) is 23.5 Å². The second kappa shape index (κ2) is 3.47. The second-order valence-corrected chi connectivity index (χ2v) is 4.19. The first-order valence-electron chi connectivity index (χ1n) is 4.40. The first-order chi connectivity index (χ1) is 6.31. The van der Waals surface area contributed by atoms with Crippen molar-refractivity contribution in [3.05, 3.63) is 23.5 Å². The maximum atomic E-state index is 5.59. The molecular formula is C9H13N3S. The Morgan fingerprint density at radius 2 is 2.54 bits per heavy atom. The van der Waals surface area contributed by atoms with E-state index in [4.69, 9.17) is 5.73 Å². The zero-order chi connectivity index (χ0) is 9.26. The number of nitrogens with two attached hydrogens (primary N) is 1. The minimum Gasteiger partial charge on any atom is -0.330 e. The van der Waals surface area contributed by atoms with Crippen LogP contribution in [0.1, 0.15) is 12.6 Å². The molecule has 0 aliphatic heterocycles. The molecule has 70 valence electrons. The Morgan fingerprint density at radius 1 is 1.69 bits per heavy atom. The molecule has 1 unspecified atom stereocenters. The van der Waals surface area contributed by atoms with Gasteiger partial charge < -0.3 is 5.73 Å². The molecule has 0 amide bonds. The highest BCUT2D eigenvalue weighted by Gasteiger charge is 2.07. The summed E-state index contributed by atoms with van der Waals surface area (Å²) in [5, 5.41) is 2.16. The zero-order valence-corrected chi connectivity index (χ0v) is 8.42. The van der Waals surface area contributed by atoms with Gasteiger partial charge in [0.15, 0.2) is 4.96 Å². The van der Waals surface area contributed by atoms with Crippen molar-refractivity contribution in [2.75, 3.05) is 6.54 Å². The van der Waals surface area contributed by atoms with E-state index in [0.717, 1.165) is 17.9 Å². The lowest BCUT2D eigenvalue weighted by Gasteiger charge is -2.06. The SMILES string of the molecule is CC(CN)Cc1csc2nccn12. The summed E-state index contributed by atoms with van der Waals surface area (Å²) in [7, 11) is 0. The number of thiazole rings is 1. The van der Waals surface area contributed by atoms with Gasteiger partial charge in [0.2, 0.25) is 0 Å². The fourth-order valence-corrected chi connectivity index (χ4v) is 2.22. The van der Waals surface area contributed by atoms with Crippen LogP contribution < -0.4 is 5.73 Å². The zero-order valence-electron chi connectivity index (χ0n) is 7.60. The Kier molecular flexibility index (Phi) is 2.33. The number of hydrogen-bond donors (Lipinski definition) is 1. The van der Waals surface area contributed by atoms with Gasteiger partial charge >= 0.3 is 0 Å². The van der Waals surface area contributed by atoms with Crippen molar-refractivity contribution in [2.45, 2.75) is 13.3 Å². The molecule has 0 bridgehead atoms. The average Bonchev–Trinajstić information content (AvgIpc) is 2.69. The molecule has 0 radical (unpaired) electrons. The molecule has 2 rings (SSSR count). The van der Waals surface area contributed by atoms with Crippen LogP contribution in [0, 0.1) is 5.92 Å². The van der Waals surface area contributed by atoms with E-state index < -0.39 is 0 Å². The highest BCUT2D eigenvalue weighted by molar-refractivity contribution is 7.15. The highest BCUT2D eigenvalue weighted by atomic mass is 32.1. The number of hydrogen-bond acceptors (Lipinski definition) is 3. The standard InChI is InChI=1S/C9H13N3S/c1-7(5-10)4-8-6-13-9-11-2-3-12(8)9/h2-3,6-7H,4-5,10H2,1H3. The number of nitrogens with zero attached hydrogens (tertiary/aromatic N) is 2. The summed E-state index contributed by atoms with van der Waals surface area (Å²) in [5.41, 5.74) is 6.90. The van der Waals surface area contributed by atoms with E-state index in [1.54, 1.807) is 11.3 Å². The minimum absolute atomic E-state index is 0.542. The number of fused-ring (bicyclic) bond motifs is 1. The van der Waals surface area contributed by atoms with Crippen LogP contribution >= 0.6 is 11.3 Å². The van der Waals surface area contributed by atoms with Crippen molar-refractivity contribution in [3.8, 4) is 0 Å². The molecule has 3 nitrogen and oxygen atoms in total. The summed E-state index contributed by atoms with van der Waals surface area (Å²) in [5.74, 6) is 0.542. The van der Waals surface area contributed by atoms with Crippen LogP contribution in [0.4, 0.5) is 0 Å². The van der Waals surface area contributed by atoms with E-state index in [2.05, 4.69) is 21.7 Å². The smallest absolute Gasteiger partial charge is 0.193 e. The van der Waals surface area contributed by atoms with Crippen LogP contribution in [0.5, 0.6) is 0 Å². The number of rotatable bonds is 3. The molecule has 0 aliphatic rings. The van der Waals surface area contributed by atoms with Gasteiger partial charge in [0.05, 0.1) is 0 Å². The normalized spacial score (nSPS) is 13.7. The van der Waals surface area contributed by atoms with Gasteiger partial charge in [0.1, 0.15) is 0 Å². The molecule has 0 aliphatic carbocycles. The van der Waals surface area contributed by atoms with Crippen LogP contribution in [0.15, 0.2) is 17.8 Å². The molecule has 1 atom stereocenters. The Labute approximate surface area is 81.2 Å². The van der Waals surface area contributed by atoms with Gasteiger partial charge in [-0.2, -0.15) is 0 Å². The Hall–Kier alpha value is -0.870. The molecule has 2 aromatic heterocycles. The molecule has 0 aromatic carbocycles. The third-order valence-corrected chi connectivity index (χ3v) is 3.08. The molecule has 2 heterocycles. The minimum atomic E-state index is 0.542. The van der Waals surface area contributed by atoms with Crippen LogP contribution in [0.3, 0.4) is 0 Å². The summed E-state index contributed by atoms with van der Waals surface area (Å²) in [6.45, 7) is 2.91. The van der Waals surface area contributed by atoms with Crippen LogP contribution in [0.2, 0.25) is 0 Å². The largest absolute Gasteiger partial charge is 0.330 e. The third-order valence-electron chi connectivity index (χ3n) is 2.18. The fourth-order valence-electron chi connectivity index (χ4n) is 1.36. The van der Waals surface area contributed by atoms with Gasteiger partial charge in [-0.15, -0.1) is 11.3 Å². The van der Waals surface area contributed by atoms with Crippen molar-refractivity contribution in [3.63, 3.8) is 0 Å². The van der Waals surface area contributed by atoms with E-state index in [-0.39, 0.29) is 0 Å². The van der Waals surface area contributed by atoms with Gasteiger partial charge in [-0.3, -0.25) is 4.40 Å². The summed E-state index contributed by atoms with van der Waals surface area (Å²) < 4.78 is 2.14. The highest BCUT2D eigenvalue weighted by Crippen LogP contribution is 2.17. The van der Waals surface area contributed by atoms with Gasteiger partial charge in [0.25, 0.3) is 0 Å². The summed E-state index contributed by atoms with van der Waals surface area (Å²) in [4.78, 5) is 5.29. The van der Waals surface area contributed by atoms with E-state index >= 15 is 0 Å². The molecule has 0 spiro atoms. The van der Waals surface area contributed by atoms with Gasteiger partial charge in [-0.1, -0.05) is 6.92 Å². The molecule has 0 saturated heterocycles. The van der Waals surface area contributed by atoms with Crippen LogP contribution in [-0.4, -0.2) is 15.9 Å². The second-order valence-electron chi connectivity index (χ2n) is 3.35. The van der Waals surface area contributed by atoms with E-state index in [1.807, 2.05) is 12.4 Å². The Bertz CT molecular complexity index is 390. The van der Waals surface area contributed by atoms with Crippen molar-refractivity contribution in [1.29, 1.82) is 0 Å². The monoisotopic (exact) mass is 195 g/mol. The maximum Gasteiger partial charge on any atom is 0.193 e. The molecule has 2 aromatic rings. The van der Waals surface area contributed by atoms with Crippen molar-refractivity contribution in [2.24, 2.45) is 11.7 Å². The molecular weight excluding hydrogens is 182 g/mol. The maximum absolute atomic E-state index is 5.59. The Balaban J connectivity index is 2.27. The van der Waals surface area contributed by atoms with Crippen LogP contribution in [-0.2, 0) is 6.42 Å². The van der Waals surface area contributed by atoms with Crippen LogP contribution in [0.25, 0.3) is 4.96 Å². The topological polar surface area (TPSA) is 43.3 Å².